The van der Waals surface area contributed by atoms with Crippen molar-refractivity contribution >= 4 is 33.9 Å². The van der Waals surface area contributed by atoms with Gasteiger partial charge in [0.25, 0.3) is 5.91 Å². The number of aromatic amines is 1. The molecular formula is C13H10N4O2S. The zero-order chi connectivity index (χ0) is 14.1. The average molecular weight is 286 g/mol. The monoisotopic (exact) mass is 286 g/mol. The van der Waals surface area contributed by atoms with Crippen molar-refractivity contribution in [2.24, 2.45) is 5.84 Å². The van der Waals surface area contributed by atoms with Gasteiger partial charge >= 0.3 is 0 Å². The minimum atomic E-state index is -0.515. The first-order valence-corrected chi connectivity index (χ1v) is 6.66. The molecule has 0 radical (unpaired) electrons. The lowest BCUT2D eigenvalue weighted by Gasteiger charge is -1.95. The van der Waals surface area contributed by atoms with Crippen LogP contribution in [-0.4, -0.2) is 21.7 Å². The van der Waals surface area contributed by atoms with Crippen LogP contribution < -0.4 is 11.3 Å². The number of carbonyl (C=O) groups excluding carboxylic acids is 2. The van der Waals surface area contributed by atoms with Crippen LogP contribution >= 0.6 is 11.3 Å². The van der Waals surface area contributed by atoms with Crippen molar-refractivity contribution in [2.45, 2.75) is 0 Å². The fourth-order valence-electron chi connectivity index (χ4n) is 1.93. The molecule has 1 aromatic carbocycles. The lowest BCUT2D eigenvalue weighted by atomic mass is 10.1. The van der Waals surface area contributed by atoms with Gasteiger partial charge in [-0.15, -0.1) is 11.3 Å². The third-order valence-corrected chi connectivity index (χ3v) is 3.74. The second-order valence-corrected chi connectivity index (χ2v) is 4.95. The maximum absolute atomic E-state index is 12.4. The van der Waals surface area contributed by atoms with Crippen LogP contribution in [0.3, 0.4) is 0 Å². The smallest absolute Gasteiger partial charge is 0.284 e. The van der Waals surface area contributed by atoms with E-state index in [0.29, 0.717) is 5.56 Å². The van der Waals surface area contributed by atoms with Crippen LogP contribution in [0.25, 0.3) is 10.9 Å². The first-order chi connectivity index (χ1) is 9.70. The second kappa shape index (κ2) is 4.87. The van der Waals surface area contributed by atoms with E-state index in [0.717, 1.165) is 22.2 Å². The minimum absolute atomic E-state index is 0.140. The van der Waals surface area contributed by atoms with Gasteiger partial charge in [0.1, 0.15) is 5.69 Å². The van der Waals surface area contributed by atoms with Gasteiger partial charge in [-0.2, -0.15) is 0 Å². The number of thiazole rings is 1. The summed E-state index contributed by atoms with van der Waals surface area (Å²) in [5.74, 6) is 4.30. The fourth-order valence-corrected chi connectivity index (χ4v) is 2.68. The Balaban J connectivity index is 2.00. The molecule has 0 unspecified atom stereocenters. The van der Waals surface area contributed by atoms with E-state index in [-0.39, 0.29) is 16.5 Å². The number of nitrogens with zero attached hydrogens (tertiary/aromatic N) is 1. The lowest BCUT2D eigenvalue weighted by molar-refractivity contribution is 0.0949. The van der Waals surface area contributed by atoms with Crippen molar-refractivity contribution in [3.63, 3.8) is 0 Å². The number of rotatable bonds is 3. The number of para-hydroxylation sites is 1. The van der Waals surface area contributed by atoms with Crippen LogP contribution in [0, 0.1) is 0 Å². The van der Waals surface area contributed by atoms with Crippen LogP contribution in [0.1, 0.15) is 25.9 Å². The van der Waals surface area contributed by atoms with Crippen LogP contribution in [0.4, 0.5) is 0 Å². The summed E-state index contributed by atoms with van der Waals surface area (Å²) in [6.45, 7) is 0. The van der Waals surface area contributed by atoms with Gasteiger partial charge in [0.05, 0.1) is 5.56 Å². The summed E-state index contributed by atoms with van der Waals surface area (Å²) in [5, 5.41) is 2.59. The molecule has 0 spiro atoms. The van der Waals surface area contributed by atoms with E-state index in [2.05, 4.69) is 9.97 Å². The van der Waals surface area contributed by atoms with Crippen molar-refractivity contribution in [2.75, 3.05) is 0 Å². The first-order valence-electron chi connectivity index (χ1n) is 5.78. The number of nitrogen functional groups attached to an aromatic ring is 1. The number of nitrogens with one attached hydrogen (secondary N) is 2. The quantitative estimate of drug-likeness (QED) is 0.293. The molecule has 20 heavy (non-hydrogen) atoms. The molecule has 100 valence electrons. The minimum Gasteiger partial charge on any atom is -0.360 e. The number of hydrazine groups is 1. The lowest BCUT2D eigenvalue weighted by Crippen LogP contribution is -2.30. The highest BCUT2D eigenvalue weighted by molar-refractivity contribution is 7.12. The molecule has 0 aliphatic carbocycles. The Morgan fingerprint density at radius 3 is 2.90 bits per heavy atom. The number of amides is 1. The predicted octanol–water partition coefficient (Wildman–Crippen LogP) is 1.46. The molecule has 0 saturated heterocycles. The number of carbonyl (C=O) groups is 2. The summed E-state index contributed by atoms with van der Waals surface area (Å²) < 4.78 is 0. The van der Waals surface area contributed by atoms with E-state index >= 15 is 0 Å². The summed E-state index contributed by atoms with van der Waals surface area (Å²) in [6, 6.07) is 7.50. The molecule has 3 aromatic rings. The summed E-state index contributed by atoms with van der Waals surface area (Å²) in [4.78, 5) is 30.8. The van der Waals surface area contributed by atoms with Gasteiger partial charge in [-0.3, -0.25) is 15.0 Å². The van der Waals surface area contributed by atoms with Crippen LogP contribution in [0.5, 0.6) is 0 Å². The van der Waals surface area contributed by atoms with E-state index in [1.54, 1.807) is 6.20 Å². The van der Waals surface area contributed by atoms with E-state index in [1.165, 1.54) is 5.38 Å². The number of H-pyrrole nitrogens is 1. The topological polar surface area (TPSA) is 101 Å². The molecular weight excluding hydrogens is 276 g/mol. The normalized spacial score (nSPS) is 10.7. The maximum Gasteiger partial charge on any atom is 0.284 e. The molecule has 3 rings (SSSR count). The van der Waals surface area contributed by atoms with Crippen molar-refractivity contribution in [3.05, 3.63) is 52.1 Å². The van der Waals surface area contributed by atoms with Crippen molar-refractivity contribution < 1.29 is 9.59 Å². The van der Waals surface area contributed by atoms with E-state index in [9.17, 15) is 9.59 Å². The van der Waals surface area contributed by atoms with Gasteiger partial charge in [0, 0.05) is 22.5 Å². The molecule has 0 aliphatic rings. The first kappa shape index (κ1) is 12.5. The summed E-state index contributed by atoms with van der Waals surface area (Å²) in [5.41, 5.74) is 3.54. The standard InChI is InChI=1S/C13H10N4O2S/c14-17-12(19)10-6-20-13(16-10)11(18)8-5-15-9-4-2-1-3-7(8)9/h1-6,15H,14H2,(H,17,19). The number of nitrogens with two attached hydrogens (primary N) is 1. The van der Waals surface area contributed by atoms with E-state index in [1.807, 2.05) is 29.7 Å². The van der Waals surface area contributed by atoms with Crippen LogP contribution in [0.15, 0.2) is 35.8 Å². The molecule has 2 heterocycles. The summed E-state index contributed by atoms with van der Waals surface area (Å²) in [7, 11) is 0. The van der Waals surface area contributed by atoms with Gasteiger partial charge in [0.15, 0.2) is 5.01 Å². The molecule has 0 aliphatic heterocycles. The highest BCUT2D eigenvalue weighted by Crippen LogP contribution is 2.22. The number of benzene rings is 1. The van der Waals surface area contributed by atoms with Crippen LogP contribution in [-0.2, 0) is 0 Å². The Morgan fingerprint density at radius 1 is 1.30 bits per heavy atom. The molecule has 0 saturated carbocycles. The van der Waals surface area contributed by atoms with E-state index in [4.69, 9.17) is 5.84 Å². The Hall–Kier alpha value is -2.51. The van der Waals surface area contributed by atoms with E-state index < -0.39 is 5.91 Å². The van der Waals surface area contributed by atoms with Crippen molar-refractivity contribution in [1.29, 1.82) is 0 Å². The van der Waals surface area contributed by atoms with Gasteiger partial charge in [-0.25, -0.2) is 10.8 Å². The SMILES string of the molecule is NNC(=O)c1csc(C(=O)c2c[nH]c3ccccc23)n1. The molecule has 0 bridgehead atoms. The second-order valence-electron chi connectivity index (χ2n) is 4.09. The zero-order valence-electron chi connectivity index (χ0n) is 10.2. The molecule has 0 fully saturated rings. The third-order valence-electron chi connectivity index (χ3n) is 2.90. The Morgan fingerprint density at radius 2 is 2.10 bits per heavy atom. The number of hydrogen-bond acceptors (Lipinski definition) is 5. The third kappa shape index (κ3) is 1.98. The van der Waals surface area contributed by atoms with Crippen molar-refractivity contribution in [3.8, 4) is 0 Å². The number of hydrogen-bond donors (Lipinski definition) is 3. The summed E-state index contributed by atoms with van der Waals surface area (Å²) >= 11 is 1.12. The number of fused-ring (bicyclic) bond motifs is 1. The predicted molar refractivity (Wildman–Crippen MR) is 75.5 cm³/mol. The Kier molecular flexibility index (Phi) is 3.05. The highest BCUT2D eigenvalue weighted by Gasteiger charge is 2.19. The van der Waals surface area contributed by atoms with Gasteiger partial charge in [-0.1, -0.05) is 18.2 Å². The van der Waals surface area contributed by atoms with Gasteiger partial charge in [0.2, 0.25) is 5.78 Å². The molecule has 1 amide bonds. The van der Waals surface area contributed by atoms with Gasteiger partial charge < -0.3 is 4.98 Å². The zero-order valence-corrected chi connectivity index (χ0v) is 11.0. The summed E-state index contributed by atoms with van der Waals surface area (Å²) in [6.07, 6.45) is 1.65. The largest absolute Gasteiger partial charge is 0.360 e. The highest BCUT2D eigenvalue weighted by atomic mass is 32.1. The maximum atomic E-state index is 12.4. The fraction of sp³-hybridized carbons (Fsp3) is 0. The number of ketones is 1. The van der Waals surface area contributed by atoms with Gasteiger partial charge in [-0.05, 0) is 6.07 Å². The Bertz CT molecular complexity index is 805. The Labute approximate surface area is 117 Å². The number of aromatic nitrogens is 2. The van der Waals surface area contributed by atoms with Crippen LogP contribution in [0.2, 0.25) is 0 Å². The molecule has 7 heteroatoms. The molecule has 0 atom stereocenters. The average Bonchev–Trinajstić information content (AvgIpc) is 3.12. The molecule has 4 N–H and O–H groups in total. The van der Waals surface area contributed by atoms with Crippen molar-refractivity contribution in [1.82, 2.24) is 15.4 Å². The molecule has 6 nitrogen and oxygen atoms in total. The molecule has 2 aromatic heterocycles.